The first-order valence-corrected chi connectivity index (χ1v) is 8.00. The van der Waals surface area contributed by atoms with Crippen LogP contribution in [0.25, 0.3) is 16.8 Å². The highest BCUT2D eigenvalue weighted by Crippen LogP contribution is 2.27. The molecule has 3 aromatic rings. The van der Waals surface area contributed by atoms with Crippen molar-refractivity contribution in [2.75, 3.05) is 0 Å². The zero-order valence-corrected chi connectivity index (χ0v) is 14.7. The van der Waals surface area contributed by atoms with Crippen molar-refractivity contribution in [3.63, 3.8) is 0 Å². The van der Waals surface area contributed by atoms with Gasteiger partial charge in [0.1, 0.15) is 0 Å². The number of tetrazole rings is 1. The second-order valence-electron chi connectivity index (χ2n) is 7.10. The molecule has 0 unspecified atom stereocenters. The zero-order valence-electron chi connectivity index (χ0n) is 14.7. The summed E-state index contributed by atoms with van der Waals surface area (Å²) in [5, 5.41) is 21.4. The Labute approximate surface area is 146 Å². The Morgan fingerprint density at radius 2 is 1.72 bits per heavy atom. The number of aromatic carboxylic acids is 1. The summed E-state index contributed by atoms with van der Waals surface area (Å²) in [7, 11) is 0. The van der Waals surface area contributed by atoms with E-state index in [9.17, 15) is 9.90 Å². The molecule has 0 aliphatic rings. The van der Waals surface area contributed by atoms with E-state index in [-0.39, 0.29) is 11.0 Å². The fourth-order valence-electron chi connectivity index (χ4n) is 2.60. The Kier molecular flexibility index (Phi) is 4.12. The lowest BCUT2D eigenvalue weighted by atomic mass is 9.95. The van der Waals surface area contributed by atoms with Crippen LogP contribution in [-0.2, 0) is 5.41 Å². The zero-order chi connectivity index (χ0) is 18.2. The lowest BCUT2D eigenvalue weighted by Gasteiger charge is -2.18. The third-order valence-electron chi connectivity index (χ3n) is 3.93. The summed E-state index contributed by atoms with van der Waals surface area (Å²) in [4.78, 5) is 11.6. The van der Waals surface area contributed by atoms with E-state index in [2.05, 4.69) is 15.5 Å². The normalized spacial score (nSPS) is 11.5. The monoisotopic (exact) mass is 336 g/mol. The number of rotatable bonds is 3. The summed E-state index contributed by atoms with van der Waals surface area (Å²) in [6.07, 6.45) is 0. The molecule has 0 bridgehead atoms. The van der Waals surface area contributed by atoms with Crippen molar-refractivity contribution >= 4 is 5.97 Å². The summed E-state index contributed by atoms with van der Waals surface area (Å²) in [6.45, 7) is 8.05. The predicted octanol–water partition coefficient (Wildman–Crippen LogP) is 3.63. The minimum Gasteiger partial charge on any atom is -0.478 e. The van der Waals surface area contributed by atoms with Gasteiger partial charge in [-0.1, -0.05) is 50.6 Å². The Morgan fingerprint density at radius 1 is 1.04 bits per heavy atom. The van der Waals surface area contributed by atoms with Gasteiger partial charge in [-0.05, 0) is 46.7 Å². The second-order valence-corrected chi connectivity index (χ2v) is 7.10. The molecule has 1 aromatic heterocycles. The maximum Gasteiger partial charge on any atom is 0.335 e. The van der Waals surface area contributed by atoms with Gasteiger partial charge in [0.05, 0.1) is 11.3 Å². The number of aryl methyl sites for hydroxylation is 1. The Balaban J connectivity index is 2.20. The van der Waals surface area contributed by atoms with Crippen LogP contribution in [0.1, 0.15) is 42.5 Å². The van der Waals surface area contributed by atoms with E-state index in [0.717, 1.165) is 16.7 Å². The van der Waals surface area contributed by atoms with Crippen LogP contribution in [0.2, 0.25) is 0 Å². The highest BCUT2D eigenvalue weighted by Gasteiger charge is 2.23. The first kappa shape index (κ1) is 16.8. The average molecular weight is 336 g/mol. The van der Waals surface area contributed by atoms with Gasteiger partial charge in [0, 0.05) is 5.41 Å². The van der Waals surface area contributed by atoms with Gasteiger partial charge in [0.2, 0.25) is 0 Å². The maximum absolute atomic E-state index is 11.6. The van der Waals surface area contributed by atoms with Crippen molar-refractivity contribution < 1.29 is 9.90 Å². The molecule has 0 fully saturated rings. The molecule has 0 radical (unpaired) electrons. The van der Waals surface area contributed by atoms with Crippen molar-refractivity contribution in [2.45, 2.75) is 33.1 Å². The molecule has 0 saturated heterocycles. The van der Waals surface area contributed by atoms with Crippen LogP contribution < -0.4 is 0 Å². The Morgan fingerprint density at radius 3 is 2.32 bits per heavy atom. The van der Waals surface area contributed by atoms with Gasteiger partial charge in [-0.3, -0.25) is 0 Å². The number of benzene rings is 2. The average Bonchev–Trinajstić information content (AvgIpc) is 3.05. The van der Waals surface area contributed by atoms with Gasteiger partial charge in [-0.2, -0.15) is 4.68 Å². The number of aromatic nitrogens is 4. The number of carboxylic acid groups (broad SMARTS) is 1. The molecule has 25 heavy (non-hydrogen) atoms. The molecule has 0 spiro atoms. The molecule has 128 valence electrons. The van der Waals surface area contributed by atoms with E-state index in [4.69, 9.17) is 0 Å². The Hall–Kier alpha value is -3.02. The van der Waals surface area contributed by atoms with Crippen molar-refractivity contribution in [3.8, 4) is 16.8 Å². The summed E-state index contributed by atoms with van der Waals surface area (Å²) in [6, 6.07) is 13.1. The second kappa shape index (κ2) is 6.12. The number of carboxylic acids is 1. The molecular formula is C19H20N4O2. The highest BCUT2D eigenvalue weighted by atomic mass is 16.4. The van der Waals surface area contributed by atoms with Crippen molar-refractivity contribution in [1.82, 2.24) is 20.2 Å². The van der Waals surface area contributed by atoms with E-state index in [1.165, 1.54) is 0 Å². The van der Waals surface area contributed by atoms with E-state index in [0.29, 0.717) is 11.5 Å². The first-order chi connectivity index (χ1) is 11.8. The lowest BCUT2D eigenvalue weighted by molar-refractivity contribution is 0.0697. The molecule has 0 atom stereocenters. The van der Waals surface area contributed by atoms with Crippen LogP contribution in [0.15, 0.2) is 42.5 Å². The van der Waals surface area contributed by atoms with Gasteiger partial charge in [0.15, 0.2) is 5.82 Å². The van der Waals surface area contributed by atoms with Crippen LogP contribution >= 0.6 is 0 Å². The summed E-state index contributed by atoms with van der Waals surface area (Å²) in [5.41, 5.74) is 3.46. The largest absolute Gasteiger partial charge is 0.478 e. The highest BCUT2D eigenvalue weighted by molar-refractivity contribution is 5.90. The standard InChI is InChI=1S/C19H20N4O2/c1-12-5-7-13(8-6-12)14-9-15(17(24)25)11-16(10-14)23-18(19(2,3)4)20-21-22-23/h5-11H,1-4H3,(H,24,25). The molecule has 6 heteroatoms. The topological polar surface area (TPSA) is 80.9 Å². The van der Waals surface area contributed by atoms with Crippen LogP contribution in [0.3, 0.4) is 0 Å². The molecule has 0 saturated carbocycles. The number of carbonyl (C=O) groups is 1. The number of hydrogen-bond acceptors (Lipinski definition) is 4. The number of nitrogens with zero attached hydrogens (tertiary/aromatic N) is 4. The fraction of sp³-hybridized carbons (Fsp3) is 0.263. The summed E-state index contributed by atoms with van der Waals surface area (Å²) < 4.78 is 1.60. The molecule has 1 heterocycles. The molecule has 6 nitrogen and oxygen atoms in total. The van der Waals surface area contributed by atoms with E-state index < -0.39 is 5.97 Å². The van der Waals surface area contributed by atoms with Gasteiger partial charge >= 0.3 is 5.97 Å². The lowest BCUT2D eigenvalue weighted by Crippen LogP contribution is -2.19. The van der Waals surface area contributed by atoms with Gasteiger partial charge in [-0.25, -0.2) is 4.79 Å². The minimum absolute atomic E-state index is 0.198. The van der Waals surface area contributed by atoms with Crippen molar-refractivity contribution in [2.24, 2.45) is 0 Å². The molecule has 1 N–H and O–H groups in total. The predicted molar refractivity (Wildman–Crippen MR) is 95.0 cm³/mol. The summed E-state index contributed by atoms with van der Waals surface area (Å²) in [5.74, 6) is -0.314. The van der Waals surface area contributed by atoms with E-state index in [1.54, 1.807) is 16.8 Å². The number of hydrogen-bond donors (Lipinski definition) is 1. The van der Waals surface area contributed by atoms with Crippen LogP contribution in [0.4, 0.5) is 0 Å². The molecule has 0 aliphatic carbocycles. The van der Waals surface area contributed by atoms with Gasteiger partial charge < -0.3 is 5.11 Å². The molecule has 2 aromatic carbocycles. The summed E-state index contributed by atoms with van der Waals surface area (Å²) >= 11 is 0. The van der Waals surface area contributed by atoms with Gasteiger partial charge in [-0.15, -0.1) is 5.10 Å². The molecule has 0 aliphatic heterocycles. The van der Waals surface area contributed by atoms with Gasteiger partial charge in [0.25, 0.3) is 0 Å². The fourth-order valence-corrected chi connectivity index (χ4v) is 2.60. The quantitative estimate of drug-likeness (QED) is 0.790. The SMILES string of the molecule is Cc1ccc(-c2cc(C(=O)O)cc(-n3nnnc3C(C)(C)C)c2)cc1. The Bertz CT molecular complexity index is 921. The van der Waals surface area contributed by atoms with Crippen molar-refractivity contribution in [1.29, 1.82) is 0 Å². The van der Waals surface area contributed by atoms with Crippen LogP contribution in [-0.4, -0.2) is 31.3 Å². The van der Waals surface area contributed by atoms with E-state index in [1.807, 2.05) is 58.0 Å². The smallest absolute Gasteiger partial charge is 0.335 e. The third-order valence-corrected chi connectivity index (χ3v) is 3.93. The first-order valence-electron chi connectivity index (χ1n) is 8.00. The van der Waals surface area contributed by atoms with Crippen molar-refractivity contribution in [3.05, 3.63) is 59.4 Å². The van der Waals surface area contributed by atoms with Crippen LogP contribution in [0.5, 0.6) is 0 Å². The third kappa shape index (κ3) is 3.42. The molecule has 3 rings (SSSR count). The maximum atomic E-state index is 11.6. The van der Waals surface area contributed by atoms with E-state index >= 15 is 0 Å². The minimum atomic E-state index is -0.986. The molecular weight excluding hydrogens is 316 g/mol. The molecule has 0 amide bonds. The van der Waals surface area contributed by atoms with Crippen LogP contribution in [0, 0.1) is 6.92 Å².